The lowest BCUT2D eigenvalue weighted by atomic mass is 9.86. The van der Waals surface area contributed by atoms with E-state index >= 15 is 4.39 Å². The Morgan fingerprint density at radius 2 is 1.60 bits per heavy atom. The standard InChI is InChI=1S/C32H30F2N10O3/c1-21(32(47,16-42-18-35-17-38-42)27-9-2-22(33)14-28(27)34)43-19-36-29-15-25(7-8-26(29)30(43)45)41-12-10-40(11-13-41)23-3-5-24(6-4-23)44-20-37-39-31(44)46/h2-9,14-15,17-21,47H,10-13,16H2,1H3,(H,39,46). The molecule has 3 aromatic carbocycles. The summed E-state index contributed by atoms with van der Waals surface area (Å²) in [6.45, 7) is 4.33. The van der Waals surface area contributed by atoms with Gasteiger partial charge >= 0.3 is 5.69 Å². The highest BCUT2D eigenvalue weighted by Crippen LogP contribution is 2.36. The van der Waals surface area contributed by atoms with Gasteiger partial charge in [0.2, 0.25) is 0 Å². The summed E-state index contributed by atoms with van der Waals surface area (Å²) < 4.78 is 32.9. The second-order valence-corrected chi connectivity index (χ2v) is 11.5. The molecule has 2 N–H and O–H groups in total. The summed E-state index contributed by atoms with van der Waals surface area (Å²) in [4.78, 5) is 38.6. The monoisotopic (exact) mass is 640 g/mol. The first-order chi connectivity index (χ1) is 22.7. The molecule has 2 atom stereocenters. The number of nitrogens with one attached hydrogen (secondary N) is 1. The van der Waals surface area contributed by atoms with Crippen LogP contribution < -0.4 is 21.0 Å². The highest BCUT2D eigenvalue weighted by Gasteiger charge is 2.41. The molecule has 3 aromatic heterocycles. The number of hydrogen-bond acceptors (Lipinski definition) is 9. The number of H-pyrrole nitrogens is 1. The van der Waals surface area contributed by atoms with Gasteiger partial charge in [-0.3, -0.25) is 9.36 Å². The molecule has 1 fully saturated rings. The fourth-order valence-electron chi connectivity index (χ4n) is 6.15. The maximum Gasteiger partial charge on any atom is 0.347 e. The van der Waals surface area contributed by atoms with Gasteiger partial charge in [0, 0.05) is 49.2 Å². The number of halogens is 2. The van der Waals surface area contributed by atoms with Gasteiger partial charge in [-0.2, -0.15) is 10.2 Å². The molecule has 1 aliphatic heterocycles. The van der Waals surface area contributed by atoms with Crippen LogP contribution in [-0.2, 0) is 12.1 Å². The Balaban J connectivity index is 1.11. The first-order valence-corrected chi connectivity index (χ1v) is 14.9. The lowest BCUT2D eigenvalue weighted by Crippen LogP contribution is -2.46. The third-order valence-corrected chi connectivity index (χ3v) is 8.83. The van der Waals surface area contributed by atoms with E-state index in [-0.39, 0.29) is 17.8 Å². The average Bonchev–Trinajstić information content (AvgIpc) is 3.76. The molecule has 0 bridgehead atoms. The topological polar surface area (TPSA) is 143 Å². The lowest BCUT2D eigenvalue weighted by molar-refractivity contribution is -0.0343. The number of benzene rings is 3. The van der Waals surface area contributed by atoms with E-state index < -0.39 is 28.8 Å². The van der Waals surface area contributed by atoms with E-state index in [1.54, 1.807) is 13.0 Å². The number of fused-ring (bicyclic) bond motifs is 1. The first kappa shape index (κ1) is 30.0. The van der Waals surface area contributed by atoms with Gasteiger partial charge in [-0.25, -0.2) is 37.9 Å². The first-order valence-electron chi connectivity index (χ1n) is 14.9. The number of aliphatic hydroxyl groups is 1. The molecule has 1 saturated heterocycles. The molecule has 240 valence electrons. The van der Waals surface area contributed by atoms with E-state index in [4.69, 9.17) is 0 Å². The molecule has 0 saturated carbocycles. The number of aromatic amines is 1. The Labute approximate surface area is 266 Å². The van der Waals surface area contributed by atoms with Crippen LogP contribution in [0.25, 0.3) is 16.6 Å². The number of aromatic nitrogens is 8. The Hall–Kier alpha value is -5.70. The number of anilines is 2. The molecule has 1 aliphatic rings. The van der Waals surface area contributed by atoms with Gasteiger partial charge < -0.3 is 14.9 Å². The van der Waals surface area contributed by atoms with Crippen LogP contribution in [0.2, 0.25) is 0 Å². The van der Waals surface area contributed by atoms with Crippen LogP contribution in [-0.4, -0.2) is 70.4 Å². The molecule has 0 spiro atoms. The molecule has 0 aliphatic carbocycles. The van der Waals surface area contributed by atoms with Crippen molar-refractivity contribution in [2.45, 2.75) is 25.1 Å². The van der Waals surface area contributed by atoms with Crippen LogP contribution in [0.1, 0.15) is 18.5 Å². The van der Waals surface area contributed by atoms with Gasteiger partial charge in [0.05, 0.1) is 35.5 Å². The average molecular weight is 641 g/mol. The maximum atomic E-state index is 15.1. The highest BCUT2D eigenvalue weighted by atomic mass is 19.1. The molecule has 0 radical (unpaired) electrons. The Bertz CT molecular complexity index is 2150. The van der Waals surface area contributed by atoms with Crippen LogP contribution in [0.5, 0.6) is 0 Å². The van der Waals surface area contributed by atoms with Gasteiger partial charge in [0.25, 0.3) is 5.56 Å². The van der Waals surface area contributed by atoms with Crippen molar-refractivity contribution in [1.82, 2.24) is 39.1 Å². The summed E-state index contributed by atoms with van der Waals surface area (Å²) in [6, 6.07) is 15.1. The zero-order chi connectivity index (χ0) is 32.7. The summed E-state index contributed by atoms with van der Waals surface area (Å²) in [5, 5.41) is 22.5. The normalized spacial score (nSPS) is 15.6. The summed E-state index contributed by atoms with van der Waals surface area (Å²) in [5.74, 6) is -1.74. The molecule has 47 heavy (non-hydrogen) atoms. The van der Waals surface area contributed by atoms with Gasteiger partial charge in [-0.05, 0) is 55.5 Å². The molecule has 15 heteroatoms. The quantitative estimate of drug-likeness (QED) is 0.257. The van der Waals surface area contributed by atoms with Crippen molar-refractivity contribution in [1.29, 1.82) is 0 Å². The van der Waals surface area contributed by atoms with E-state index in [2.05, 4.69) is 35.1 Å². The second-order valence-electron chi connectivity index (χ2n) is 11.5. The van der Waals surface area contributed by atoms with Crippen LogP contribution in [0.3, 0.4) is 0 Å². The van der Waals surface area contributed by atoms with E-state index in [1.165, 1.54) is 45.2 Å². The van der Waals surface area contributed by atoms with Gasteiger partial charge in [0.1, 0.15) is 36.2 Å². The minimum atomic E-state index is -2.01. The fourth-order valence-corrected chi connectivity index (χ4v) is 6.15. The zero-order valence-corrected chi connectivity index (χ0v) is 25.2. The summed E-state index contributed by atoms with van der Waals surface area (Å²) in [6.07, 6.45) is 5.42. The van der Waals surface area contributed by atoms with Crippen LogP contribution in [0.15, 0.2) is 95.6 Å². The minimum absolute atomic E-state index is 0.187. The molecular formula is C32H30F2N10O3. The van der Waals surface area contributed by atoms with Gasteiger partial charge in [0.15, 0.2) is 0 Å². The van der Waals surface area contributed by atoms with E-state index in [1.807, 2.05) is 36.4 Å². The molecule has 13 nitrogen and oxygen atoms in total. The largest absolute Gasteiger partial charge is 0.381 e. The molecule has 4 heterocycles. The lowest BCUT2D eigenvalue weighted by Gasteiger charge is -2.37. The van der Waals surface area contributed by atoms with Gasteiger partial charge in [-0.15, -0.1) is 0 Å². The maximum absolute atomic E-state index is 15.1. The van der Waals surface area contributed by atoms with Crippen molar-refractivity contribution in [3.05, 3.63) is 124 Å². The smallest absolute Gasteiger partial charge is 0.347 e. The van der Waals surface area contributed by atoms with E-state index in [0.717, 1.165) is 49.3 Å². The molecular weight excluding hydrogens is 610 g/mol. The third-order valence-electron chi connectivity index (χ3n) is 8.83. The van der Waals surface area contributed by atoms with Crippen molar-refractivity contribution in [2.75, 3.05) is 36.0 Å². The fraction of sp³-hybridized carbons (Fsp3) is 0.250. The molecule has 0 amide bonds. The SMILES string of the molecule is CC(n1cnc2cc(N3CCN(c4ccc(-n5cn[nH]c5=O)cc4)CC3)ccc2c1=O)C(O)(Cn1cncn1)c1ccc(F)cc1F. The summed E-state index contributed by atoms with van der Waals surface area (Å²) >= 11 is 0. The summed E-state index contributed by atoms with van der Waals surface area (Å²) in [5.41, 5.74) is 0.260. The number of hydrogen-bond donors (Lipinski definition) is 2. The van der Waals surface area contributed by atoms with E-state index in [0.29, 0.717) is 17.0 Å². The molecule has 2 unspecified atom stereocenters. The van der Waals surface area contributed by atoms with Crippen molar-refractivity contribution < 1.29 is 13.9 Å². The summed E-state index contributed by atoms with van der Waals surface area (Å²) in [7, 11) is 0. The van der Waals surface area contributed by atoms with Crippen LogP contribution in [0, 0.1) is 11.6 Å². The van der Waals surface area contributed by atoms with Crippen LogP contribution >= 0.6 is 0 Å². The predicted molar refractivity (Wildman–Crippen MR) is 170 cm³/mol. The van der Waals surface area contributed by atoms with E-state index in [9.17, 15) is 19.1 Å². The number of rotatable bonds is 8. The predicted octanol–water partition coefficient (Wildman–Crippen LogP) is 2.62. The van der Waals surface area contributed by atoms with Gasteiger partial charge in [-0.1, -0.05) is 6.07 Å². The van der Waals surface area contributed by atoms with Crippen molar-refractivity contribution in [3.8, 4) is 5.69 Å². The highest BCUT2D eigenvalue weighted by molar-refractivity contribution is 5.81. The van der Waals surface area contributed by atoms with Crippen molar-refractivity contribution >= 4 is 22.3 Å². The zero-order valence-electron chi connectivity index (χ0n) is 25.2. The number of nitrogens with zero attached hydrogens (tertiary/aromatic N) is 9. The Morgan fingerprint density at radius 3 is 2.26 bits per heavy atom. The number of piperazine rings is 1. The van der Waals surface area contributed by atoms with Crippen molar-refractivity contribution in [2.24, 2.45) is 0 Å². The van der Waals surface area contributed by atoms with Crippen LogP contribution in [0.4, 0.5) is 20.2 Å². The second kappa shape index (κ2) is 11.9. The van der Waals surface area contributed by atoms with Crippen molar-refractivity contribution in [3.63, 3.8) is 0 Å². The Morgan fingerprint density at radius 1 is 0.894 bits per heavy atom. The minimum Gasteiger partial charge on any atom is -0.381 e. The third kappa shape index (κ3) is 5.54. The molecule has 6 aromatic rings. The molecule has 7 rings (SSSR count). The Kier molecular flexibility index (Phi) is 7.60.